The Labute approximate surface area is 62.1 Å². The molecule has 1 N–H and O–H groups in total. The van der Waals surface area contributed by atoms with Gasteiger partial charge in [0.25, 0.3) is 0 Å². The molecule has 0 saturated heterocycles. The van der Waals surface area contributed by atoms with Crippen LogP contribution in [-0.4, -0.2) is 11.2 Å². The number of aliphatic hydroxyl groups excluding tert-OH is 1. The zero-order chi connectivity index (χ0) is 7.56. The molecule has 1 aliphatic rings. The molecule has 1 unspecified atom stereocenters. The van der Waals surface area contributed by atoms with Crippen LogP contribution in [0.5, 0.6) is 0 Å². The maximum Gasteiger partial charge on any atom is 0.0727 e. The molecule has 0 amide bonds. The monoisotopic (exact) mass is 138 g/mol. The van der Waals surface area contributed by atoms with Crippen molar-refractivity contribution in [1.29, 1.82) is 0 Å². The molecule has 1 heteroatoms. The second-order valence-corrected chi connectivity index (χ2v) is 2.78. The van der Waals surface area contributed by atoms with Gasteiger partial charge in [-0.2, -0.15) is 0 Å². The van der Waals surface area contributed by atoms with Gasteiger partial charge in [0.2, 0.25) is 0 Å². The summed E-state index contributed by atoms with van der Waals surface area (Å²) in [6.45, 7) is 5.53. The zero-order valence-electron chi connectivity index (χ0n) is 6.43. The van der Waals surface area contributed by atoms with Crippen molar-refractivity contribution in [3.63, 3.8) is 0 Å². The fraction of sp³-hybridized carbons (Fsp3) is 0.556. The first-order chi connectivity index (χ1) is 4.75. The van der Waals surface area contributed by atoms with E-state index in [-0.39, 0.29) is 6.10 Å². The average Bonchev–Trinajstić information content (AvgIpc) is 2.33. The molecule has 1 rings (SSSR count). The summed E-state index contributed by atoms with van der Waals surface area (Å²) in [6.07, 6.45) is 4.94. The summed E-state index contributed by atoms with van der Waals surface area (Å²) in [4.78, 5) is 0. The molecular weight excluding hydrogens is 124 g/mol. The maximum atomic E-state index is 9.25. The highest BCUT2D eigenvalue weighted by Crippen LogP contribution is 2.28. The van der Waals surface area contributed by atoms with Crippen LogP contribution in [0, 0.1) is 0 Å². The van der Waals surface area contributed by atoms with E-state index in [4.69, 9.17) is 0 Å². The van der Waals surface area contributed by atoms with Gasteiger partial charge in [-0.25, -0.2) is 0 Å². The first kappa shape index (κ1) is 7.55. The third kappa shape index (κ3) is 1.29. The topological polar surface area (TPSA) is 20.2 Å². The first-order valence-corrected chi connectivity index (χ1v) is 3.78. The molecule has 56 valence electrons. The van der Waals surface area contributed by atoms with Crippen LogP contribution in [0.25, 0.3) is 0 Å². The quantitative estimate of drug-likeness (QED) is 0.619. The molecule has 0 saturated carbocycles. The Morgan fingerprint density at radius 1 is 1.60 bits per heavy atom. The second kappa shape index (κ2) is 3.02. The lowest BCUT2D eigenvalue weighted by atomic mass is 10.1. The summed E-state index contributed by atoms with van der Waals surface area (Å²) >= 11 is 0. The molecule has 0 aliphatic heterocycles. The van der Waals surface area contributed by atoms with Gasteiger partial charge in [-0.15, -0.1) is 0 Å². The van der Waals surface area contributed by atoms with Gasteiger partial charge >= 0.3 is 0 Å². The SMILES string of the molecule is C=CC1=C(C(C)O)CCC1. The van der Waals surface area contributed by atoms with Crippen LogP contribution >= 0.6 is 0 Å². The third-order valence-electron chi connectivity index (χ3n) is 2.06. The van der Waals surface area contributed by atoms with Crippen LogP contribution in [-0.2, 0) is 0 Å². The van der Waals surface area contributed by atoms with Gasteiger partial charge in [0.1, 0.15) is 0 Å². The molecule has 0 radical (unpaired) electrons. The van der Waals surface area contributed by atoms with Gasteiger partial charge in [0.05, 0.1) is 6.10 Å². The Balaban J connectivity index is 2.77. The van der Waals surface area contributed by atoms with Crippen molar-refractivity contribution in [1.82, 2.24) is 0 Å². The molecule has 1 aliphatic carbocycles. The van der Waals surface area contributed by atoms with E-state index in [1.54, 1.807) is 0 Å². The van der Waals surface area contributed by atoms with E-state index in [2.05, 4.69) is 6.58 Å². The standard InChI is InChI=1S/C9H14O/c1-3-8-5-4-6-9(8)7(2)10/h3,7,10H,1,4-6H2,2H3. The van der Waals surface area contributed by atoms with Crippen molar-refractivity contribution in [2.24, 2.45) is 0 Å². The van der Waals surface area contributed by atoms with E-state index in [1.807, 2.05) is 13.0 Å². The van der Waals surface area contributed by atoms with Crippen LogP contribution in [0.15, 0.2) is 23.8 Å². The highest BCUT2D eigenvalue weighted by Gasteiger charge is 2.15. The molecule has 1 nitrogen and oxygen atoms in total. The van der Waals surface area contributed by atoms with E-state index in [0.717, 1.165) is 12.8 Å². The summed E-state index contributed by atoms with van der Waals surface area (Å²) in [5.74, 6) is 0. The van der Waals surface area contributed by atoms with Crippen LogP contribution in [0.1, 0.15) is 26.2 Å². The van der Waals surface area contributed by atoms with Crippen molar-refractivity contribution in [2.45, 2.75) is 32.3 Å². The summed E-state index contributed by atoms with van der Waals surface area (Å²) < 4.78 is 0. The smallest absolute Gasteiger partial charge is 0.0727 e. The molecule has 1 atom stereocenters. The fourth-order valence-corrected chi connectivity index (χ4v) is 1.50. The summed E-state index contributed by atoms with van der Waals surface area (Å²) in [6, 6.07) is 0. The molecule has 10 heavy (non-hydrogen) atoms. The normalized spacial score (nSPS) is 21.4. The Kier molecular flexibility index (Phi) is 2.28. The summed E-state index contributed by atoms with van der Waals surface area (Å²) in [5.41, 5.74) is 2.45. The molecule has 0 spiro atoms. The largest absolute Gasteiger partial charge is 0.389 e. The van der Waals surface area contributed by atoms with Crippen molar-refractivity contribution >= 4 is 0 Å². The van der Waals surface area contributed by atoms with Gasteiger partial charge in [-0.1, -0.05) is 12.7 Å². The molecule has 0 aromatic carbocycles. The molecule has 0 aromatic heterocycles. The maximum absolute atomic E-state index is 9.25. The molecule has 0 heterocycles. The van der Waals surface area contributed by atoms with Crippen molar-refractivity contribution in [3.05, 3.63) is 23.8 Å². The highest BCUT2D eigenvalue weighted by molar-refractivity contribution is 5.30. The van der Waals surface area contributed by atoms with E-state index >= 15 is 0 Å². The first-order valence-electron chi connectivity index (χ1n) is 3.78. The Hall–Kier alpha value is -0.560. The summed E-state index contributed by atoms with van der Waals surface area (Å²) in [7, 11) is 0. The van der Waals surface area contributed by atoms with Gasteiger partial charge < -0.3 is 5.11 Å². The minimum Gasteiger partial charge on any atom is -0.389 e. The second-order valence-electron chi connectivity index (χ2n) is 2.78. The van der Waals surface area contributed by atoms with E-state index in [0.29, 0.717) is 0 Å². The van der Waals surface area contributed by atoms with Gasteiger partial charge in [0, 0.05) is 0 Å². The third-order valence-corrected chi connectivity index (χ3v) is 2.06. The van der Waals surface area contributed by atoms with Crippen molar-refractivity contribution < 1.29 is 5.11 Å². The predicted octanol–water partition coefficient (Wildman–Crippen LogP) is 2.03. The minimum atomic E-state index is -0.268. The van der Waals surface area contributed by atoms with Gasteiger partial charge in [0.15, 0.2) is 0 Å². The lowest BCUT2D eigenvalue weighted by Crippen LogP contribution is -2.03. The lowest BCUT2D eigenvalue weighted by Gasteiger charge is -2.05. The molecule has 0 aromatic rings. The Bertz CT molecular complexity index is 166. The lowest BCUT2D eigenvalue weighted by molar-refractivity contribution is 0.228. The van der Waals surface area contributed by atoms with Crippen LogP contribution in [0.3, 0.4) is 0 Å². The number of hydrogen-bond acceptors (Lipinski definition) is 1. The van der Waals surface area contributed by atoms with Crippen LogP contribution in [0.2, 0.25) is 0 Å². The van der Waals surface area contributed by atoms with Crippen LogP contribution in [0.4, 0.5) is 0 Å². The molecule has 0 bridgehead atoms. The Morgan fingerprint density at radius 3 is 2.70 bits per heavy atom. The summed E-state index contributed by atoms with van der Waals surface area (Å²) in [5, 5.41) is 9.25. The number of rotatable bonds is 2. The minimum absolute atomic E-state index is 0.268. The van der Waals surface area contributed by atoms with Crippen molar-refractivity contribution in [2.75, 3.05) is 0 Å². The van der Waals surface area contributed by atoms with Gasteiger partial charge in [-0.05, 0) is 37.3 Å². The zero-order valence-corrected chi connectivity index (χ0v) is 6.43. The van der Waals surface area contributed by atoms with Gasteiger partial charge in [-0.3, -0.25) is 0 Å². The number of hydrogen-bond donors (Lipinski definition) is 1. The van der Waals surface area contributed by atoms with Crippen LogP contribution < -0.4 is 0 Å². The van der Waals surface area contributed by atoms with Crippen molar-refractivity contribution in [3.8, 4) is 0 Å². The number of allylic oxidation sites excluding steroid dienone is 2. The highest BCUT2D eigenvalue weighted by atomic mass is 16.3. The van der Waals surface area contributed by atoms with E-state index in [1.165, 1.54) is 17.6 Å². The average molecular weight is 138 g/mol. The predicted molar refractivity (Wildman–Crippen MR) is 42.8 cm³/mol. The Morgan fingerprint density at radius 2 is 2.30 bits per heavy atom. The van der Waals surface area contributed by atoms with E-state index < -0.39 is 0 Å². The number of aliphatic hydroxyl groups is 1. The van der Waals surface area contributed by atoms with E-state index in [9.17, 15) is 5.11 Å². The fourth-order valence-electron chi connectivity index (χ4n) is 1.50. The molecule has 0 fully saturated rings. The molecular formula is C9H14O.